The number of rotatable bonds is 7. The molecule has 5 nitrogen and oxygen atoms in total. The van der Waals surface area contributed by atoms with Gasteiger partial charge in [-0.2, -0.15) is 4.31 Å². The van der Waals surface area contributed by atoms with Crippen molar-refractivity contribution < 1.29 is 17.9 Å². The molecule has 1 unspecified atom stereocenters. The highest BCUT2D eigenvalue weighted by Crippen LogP contribution is 2.35. The Kier molecular flexibility index (Phi) is 8.55. The van der Waals surface area contributed by atoms with Crippen molar-refractivity contribution in [1.29, 1.82) is 0 Å². The first-order valence-electron chi connectivity index (χ1n) is 9.31. The zero-order valence-electron chi connectivity index (χ0n) is 16.4. The lowest BCUT2D eigenvalue weighted by Gasteiger charge is -2.44. The van der Waals surface area contributed by atoms with Gasteiger partial charge in [0.1, 0.15) is 12.3 Å². The standard InChI is InChI=1S/C19H29NO4S3/c1-5-7-16-17(24-19(25)26-4)12-13-18(23-6-2)20(16)27(21,22)15-10-8-14(3)9-11-15/h8-11,16-18H,5-7,12-13H2,1-4H3/t16-,17?,18-/m0/s1. The quantitative estimate of drug-likeness (QED) is 0.599. The summed E-state index contributed by atoms with van der Waals surface area (Å²) in [5.41, 5.74) is 1.02. The summed E-state index contributed by atoms with van der Waals surface area (Å²) in [6, 6.07) is 6.65. The summed E-state index contributed by atoms with van der Waals surface area (Å²) >= 11 is 6.60. The van der Waals surface area contributed by atoms with E-state index in [1.165, 1.54) is 16.1 Å². The first-order valence-corrected chi connectivity index (χ1v) is 12.4. The van der Waals surface area contributed by atoms with Gasteiger partial charge in [-0.15, -0.1) is 0 Å². The molecule has 0 radical (unpaired) electrons. The lowest BCUT2D eigenvalue weighted by Crippen LogP contribution is -2.57. The fraction of sp³-hybridized carbons (Fsp3) is 0.632. The van der Waals surface area contributed by atoms with Gasteiger partial charge in [-0.25, -0.2) is 8.42 Å². The highest BCUT2D eigenvalue weighted by Gasteiger charge is 2.45. The number of thiocarbonyl (C=S) groups is 1. The third-order valence-electron chi connectivity index (χ3n) is 4.69. The number of hydrogen-bond acceptors (Lipinski definition) is 6. The van der Waals surface area contributed by atoms with E-state index < -0.39 is 16.3 Å². The average molecular weight is 432 g/mol. The van der Waals surface area contributed by atoms with E-state index >= 15 is 0 Å². The SMILES string of the molecule is CCC[C@H]1C(OC(=S)SC)CC[C@H](OCC)N1S(=O)(=O)c1ccc(C)cc1. The fourth-order valence-corrected chi connectivity index (χ4v) is 5.58. The molecule has 0 amide bonds. The fourth-order valence-electron chi connectivity index (χ4n) is 3.44. The molecule has 1 fully saturated rings. The highest BCUT2D eigenvalue weighted by molar-refractivity contribution is 8.22. The molecule has 27 heavy (non-hydrogen) atoms. The molecule has 1 aromatic carbocycles. The van der Waals surface area contributed by atoms with Crippen molar-refractivity contribution in [3.63, 3.8) is 0 Å². The largest absolute Gasteiger partial charge is 0.474 e. The van der Waals surface area contributed by atoms with E-state index in [2.05, 4.69) is 0 Å². The maximum atomic E-state index is 13.5. The van der Waals surface area contributed by atoms with Crippen LogP contribution in [0.4, 0.5) is 0 Å². The third kappa shape index (κ3) is 5.44. The molecular weight excluding hydrogens is 402 g/mol. The molecule has 0 saturated carbocycles. The number of hydrogen-bond donors (Lipinski definition) is 0. The molecule has 1 aliphatic rings. The van der Waals surface area contributed by atoms with Crippen molar-refractivity contribution in [2.75, 3.05) is 12.9 Å². The predicted molar refractivity (Wildman–Crippen MR) is 115 cm³/mol. The van der Waals surface area contributed by atoms with Gasteiger partial charge in [0.15, 0.2) is 0 Å². The average Bonchev–Trinajstić information content (AvgIpc) is 2.64. The number of ether oxygens (including phenoxy) is 2. The van der Waals surface area contributed by atoms with Gasteiger partial charge in [0.05, 0.1) is 10.9 Å². The Morgan fingerprint density at radius 2 is 1.93 bits per heavy atom. The molecule has 1 aliphatic heterocycles. The Labute approximate surface area is 172 Å². The Hall–Kier alpha value is -0.670. The zero-order chi connectivity index (χ0) is 20.0. The van der Waals surface area contributed by atoms with Crippen LogP contribution in [0.15, 0.2) is 29.2 Å². The summed E-state index contributed by atoms with van der Waals surface area (Å²) in [5.74, 6) is 0. The second kappa shape index (κ2) is 10.2. The molecule has 0 bridgehead atoms. The lowest BCUT2D eigenvalue weighted by atomic mass is 9.96. The van der Waals surface area contributed by atoms with Gasteiger partial charge < -0.3 is 9.47 Å². The zero-order valence-corrected chi connectivity index (χ0v) is 18.8. The van der Waals surface area contributed by atoms with Crippen molar-refractivity contribution >= 4 is 38.4 Å². The molecule has 1 heterocycles. The molecule has 8 heteroatoms. The summed E-state index contributed by atoms with van der Waals surface area (Å²) in [4.78, 5) is 0.284. The molecule has 2 rings (SSSR count). The molecule has 0 spiro atoms. The number of aryl methyl sites for hydroxylation is 1. The van der Waals surface area contributed by atoms with Gasteiger partial charge in [0.25, 0.3) is 0 Å². The molecule has 3 atom stereocenters. The molecule has 152 valence electrons. The van der Waals surface area contributed by atoms with E-state index in [1.54, 1.807) is 12.1 Å². The third-order valence-corrected chi connectivity index (χ3v) is 7.65. The van der Waals surface area contributed by atoms with Crippen molar-refractivity contribution in [2.24, 2.45) is 0 Å². The van der Waals surface area contributed by atoms with Gasteiger partial charge in [-0.3, -0.25) is 0 Å². The van der Waals surface area contributed by atoms with Crippen LogP contribution < -0.4 is 0 Å². The van der Waals surface area contributed by atoms with Crippen LogP contribution in [0.25, 0.3) is 0 Å². The van der Waals surface area contributed by atoms with Gasteiger partial charge in [-0.1, -0.05) is 42.8 Å². The molecule has 0 aliphatic carbocycles. The second-order valence-electron chi connectivity index (χ2n) is 6.60. The number of benzene rings is 1. The maximum absolute atomic E-state index is 13.5. The summed E-state index contributed by atoms with van der Waals surface area (Å²) in [5, 5.41) is 0. The van der Waals surface area contributed by atoms with E-state index in [9.17, 15) is 8.42 Å². The van der Waals surface area contributed by atoms with Gasteiger partial charge >= 0.3 is 0 Å². The summed E-state index contributed by atoms with van der Waals surface area (Å²) in [7, 11) is -3.72. The van der Waals surface area contributed by atoms with Crippen LogP contribution in [0.2, 0.25) is 0 Å². The number of thioether (sulfide) groups is 1. The summed E-state index contributed by atoms with van der Waals surface area (Å²) < 4.78 is 40.8. The molecule has 1 saturated heterocycles. The van der Waals surface area contributed by atoms with E-state index in [4.69, 9.17) is 21.7 Å². The van der Waals surface area contributed by atoms with E-state index in [0.717, 1.165) is 18.4 Å². The summed E-state index contributed by atoms with van der Waals surface area (Å²) in [6.07, 6.45) is 3.95. The van der Waals surface area contributed by atoms with Crippen LogP contribution in [-0.2, 0) is 19.5 Å². The normalized spacial score (nSPS) is 23.9. The van der Waals surface area contributed by atoms with Crippen LogP contribution >= 0.6 is 24.0 Å². The van der Waals surface area contributed by atoms with E-state index in [-0.39, 0.29) is 17.0 Å². The minimum Gasteiger partial charge on any atom is -0.474 e. The lowest BCUT2D eigenvalue weighted by molar-refractivity contribution is -0.0882. The van der Waals surface area contributed by atoms with Crippen LogP contribution in [0.3, 0.4) is 0 Å². The Bertz CT molecular complexity index is 721. The van der Waals surface area contributed by atoms with E-state index in [0.29, 0.717) is 23.8 Å². The van der Waals surface area contributed by atoms with Crippen LogP contribution in [0.1, 0.15) is 45.1 Å². The first-order chi connectivity index (χ1) is 12.8. The van der Waals surface area contributed by atoms with Crippen molar-refractivity contribution in [3.8, 4) is 0 Å². The van der Waals surface area contributed by atoms with Gasteiger partial charge in [0, 0.05) is 6.61 Å². The highest BCUT2D eigenvalue weighted by atomic mass is 32.2. The van der Waals surface area contributed by atoms with Crippen molar-refractivity contribution in [3.05, 3.63) is 29.8 Å². The minimum atomic E-state index is -3.72. The van der Waals surface area contributed by atoms with Crippen molar-refractivity contribution in [2.45, 2.75) is 69.7 Å². The predicted octanol–water partition coefficient (Wildman–Crippen LogP) is 4.34. The molecule has 0 N–H and O–H groups in total. The van der Waals surface area contributed by atoms with Crippen LogP contribution in [0, 0.1) is 6.92 Å². The number of piperidine rings is 1. The summed E-state index contributed by atoms with van der Waals surface area (Å²) in [6.45, 7) is 6.33. The Morgan fingerprint density at radius 3 is 2.48 bits per heavy atom. The maximum Gasteiger partial charge on any atom is 0.245 e. The first kappa shape index (κ1) is 22.6. The molecule has 1 aromatic rings. The minimum absolute atomic E-state index is 0.262. The second-order valence-corrected chi connectivity index (χ2v) is 9.85. The van der Waals surface area contributed by atoms with Gasteiger partial charge in [0.2, 0.25) is 14.4 Å². The van der Waals surface area contributed by atoms with Crippen LogP contribution in [0.5, 0.6) is 0 Å². The van der Waals surface area contributed by atoms with Crippen molar-refractivity contribution in [1.82, 2.24) is 4.31 Å². The van der Waals surface area contributed by atoms with Crippen LogP contribution in [-0.4, -0.2) is 48.3 Å². The monoisotopic (exact) mass is 431 g/mol. The smallest absolute Gasteiger partial charge is 0.245 e. The number of sulfonamides is 1. The topological polar surface area (TPSA) is 55.8 Å². The Morgan fingerprint density at radius 1 is 1.26 bits per heavy atom. The van der Waals surface area contributed by atoms with Gasteiger partial charge in [-0.05, 0) is 63.7 Å². The molecular formula is C19H29NO4S3. The molecule has 0 aromatic heterocycles. The van der Waals surface area contributed by atoms with E-state index in [1.807, 2.05) is 39.2 Å². The number of nitrogens with zero attached hydrogens (tertiary/aromatic N) is 1. The Balaban J connectivity index is 2.45.